The normalized spacial score (nSPS) is 10.1. The Bertz CT molecular complexity index is 366. The van der Waals surface area contributed by atoms with E-state index in [0.29, 0.717) is 15.7 Å². The Kier molecular flexibility index (Phi) is 5.32. The molecule has 0 saturated carbocycles. The zero-order valence-corrected chi connectivity index (χ0v) is 10.9. The third-order valence-corrected chi connectivity index (χ3v) is 2.98. The Morgan fingerprint density at radius 3 is 2.81 bits per heavy atom. The topological polar surface area (TPSA) is 49.3 Å². The van der Waals surface area contributed by atoms with Gasteiger partial charge in [0.25, 0.3) is 0 Å². The second kappa shape index (κ2) is 6.53. The minimum atomic E-state index is -0.912. The van der Waals surface area contributed by atoms with Gasteiger partial charge in [-0.3, -0.25) is 0 Å². The Morgan fingerprint density at radius 1 is 1.44 bits per heavy atom. The molecule has 1 rings (SSSR count). The predicted octanol–water partition coefficient (Wildman–Crippen LogP) is 3.75. The van der Waals surface area contributed by atoms with Gasteiger partial charge in [-0.1, -0.05) is 25.8 Å². The summed E-state index contributed by atoms with van der Waals surface area (Å²) >= 11 is 3.25. The minimum absolute atomic E-state index is 0.305. The van der Waals surface area contributed by atoms with Gasteiger partial charge in [0.2, 0.25) is 0 Å². The molecule has 0 aromatic heterocycles. The van der Waals surface area contributed by atoms with Gasteiger partial charge in [0.15, 0.2) is 0 Å². The second-order valence-corrected chi connectivity index (χ2v) is 4.46. The maximum atomic E-state index is 11.1. The summed E-state index contributed by atoms with van der Waals surface area (Å²) < 4.78 is 0.612. The fourth-order valence-corrected chi connectivity index (χ4v) is 2.02. The summed E-state index contributed by atoms with van der Waals surface area (Å²) in [7, 11) is 0. The van der Waals surface area contributed by atoms with E-state index in [0.717, 1.165) is 25.8 Å². The van der Waals surface area contributed by atoms with E-state index in [1.807, 2.05) is 6.07 Å². The SMILES string of the molecule is CCCCCNc1cccc(Br)c1C(=O)O. The van der Waals surface area contributed by atoms with Crippen molar-refractivity contribution in [3.8, 4) is 0 Å². The molecule has 0 aliphatic carbocycles. The Balaban J connectivity index is 2.71. The number of nitrogens with one attached hydrogen (secondary N) is 1. The number of carboxylic acid groups (broad SMARTS) is 1. The third-order valence-electron chi connectivity index (χ3n) is 2.32. The van der Waals surface area contributed by atoms with Crippen LogP contribution in [0.5, 0.6) is 0 Å². The number of anilines is 1. The molecule has 4 heteroatoms. The first-order chi connectivity index (χ1) is 7.66. The number of halogens is 1. The van der Waals surface area contributed by atoms with E-state index >= 15 is 0 Å². The molecule has 3 nitrogen and oxygen atoms in total. The van der Waals surface area contributed by atoms with Gasteiger partial charge >= 0.3 is 5.97 Å². The first-order valence-corrected chi connectivity index (χ1v) is 6.21. The van der Waals surface area contributed by atoms with Gasteiger partial charge in [-0.15, -0.1) is 0 Å². The maximum absolute atomic E-state index is 11.1. The molecule has 1 aromatic carbocycles. The molecule has 1 aromatic rings. The van der Waals surface area contributed by atoms with Gasteiger partial charge in [0.05, 0.1) is 5.56 Å². The van der Waals surface area contributed by atoms with E-state index < -0.39 is 5.97 Å². The van der Waals surface area contributed by atoms with Crippen LogP contribution in [0.15, 0.2) is 22.7 Å². The molecule has 0 radical (unpaired) electrons. The molecule has 0 bridgehead atoms. The van der Waals surface area contributed by atoms with E-state index in [1.54, 1.807) is 12.1 Å². The largest absolute Gasteiger partial charge is 0.478 e. The van der Waals surface area contributed by atoms with Crippen molar-refractivity contribution in [3.05, 3.63) is 28.2 Å². The van der Waals surface area contributed by atoms with E-state index in [4.69, 9.17) is 5.11 Å². The van der Waals surface area contributed by atoms with E-state index in [9.17, 15) is 4.79 Å². The molecule has 16 heavy (non-hydrogen) atoms. The smallest absolute Gasteiger partial charge is 0.338 e. The fourth-order valence-electron chi connectivity index (χ4n) is 1.49. The van der Waals surface area contributed by atoms with Crippen molar-refractivity contribution in [1.82, 2.24) is 0 Å². The molecule has 88 valence electrons. The summed E-state index contributed by atoms with van der Waals surface area (Å²) in [5.74, 6) is -0.912. The summed E-state index contributed by atoms with van der Waals surface area (Å²) in [5.41, 5.74) is 0.983. The summed E-state index contributed by atoms with van der Waals surface area (Å²) in [5, 5.41) is 12.2. The second-order valence-electron chi connectivity index (χ2n) is 3.60. The molecule has 0 heterocycles. The molecule has 0 aliphatic heterocycles. The zero-order valence-electron chi connectivity index (χ0n) is 9.29. The Labute approximate surface area is 104 Å². The quantitative estimate of drug-likeness (QED) is 0.783. The van der Waals surface area contributed by atoms with Crippen LogP contribution in [-0.4, -0.2) is 17.6 Å². The van der Waals surface area contributed by atoms with Gasteiger partial charge in [0, 0.05) is 16.7 Å². The highest BCUT2D eigenvalue weighted by molar-refractivity contribution is 9.10. The number of benzene rings is 1. The Hall–Kier alpha value is -1.03. The molecule has 0 fully saturated rings. The van der Waals surface area contributed by atoms with Gasteiger partial charge in [0.1, 0.15) is 0 Å². The summed E-state index contributed by atoms with van der Waals surface area (Å²) in [6.07, 6.45) is 3.37. The van der Waals surface area contributed by atoms with Crippen LogP contribution in [0.3, 0.4) is 0 Å². The lowest BCUT2D eigenvalue weighted by atomic mass is 10.1. The average Bonchev–Trinajstić information content (AvgIpc) is 2.24. The highest BCUT2D eigenvalue weighted by atomic mass is 79.9. The van der Waals surface area contributed by atoms with Crippen LogP contribution in [0.2, 0.25) is 0 Å². The highest BCUT2D eigenvalue weighted by Crippen LogP contribution is 2.24. The number of carbonyl (C=O) groups is 1. The van der Waals surface area contributed by atoms with Crippen molar-refractivity contribution in [2.75, 3.05) is 11.9 Å². The molecule has 2 N–H and O–H groups in total. The van der Waals surface area contributed by atoms with Crippen LogP contribution in [-0.2, 0) is 0 Å². The lowest BCUT2D eigenvalue weighted by Gasteiger charge is -2.10. The molecule has 0 atom stereocenters. The van der Waals surface area contributed by atoms with E-state index in [1.165, 1.54) is 0 Å². The van der Waals surface area contributed by atoms with Crippen molar-refractivity contribution in [1.29, 1.82) is 0 Å². The van der Waals surface area contributed by atoms with Crippen LogP contribution >= 0.6 is 15.9 Å². The van der Waals surface area contributed by atoms with Crippen LogP contribution in [0.1, 0.15) is 36.5 Å². The number of carboxylic acids is 1. The zero-order chi connectivity index (χ0) is 12.0. The molecule has 0 aliphatic rings. The van der Waals surface area contributed by atoms with Crippen molar-refractivity contribution in [3.63, 3.8) is 0 Å². The predicted molar refractivity (Wildman–Crippen MR) is 69.1 cm³/mol. The van der Waals surface area contributed by atoms with Crippen molar-refractivity contribution >= 4 is 27.6 Å². The summed E-state index contributed by atoms with van der Waals surface area (Å²) in [4.78, 5) is 11.1. The third kappa shape index (κ3) is 3.52. The lowest BCUT2D eigenvalue weighted by molar-refractivity contribution is 0.0697. The van der Waals surface area contributed by atoms with Crippen LogP contribution < -0.4 is 5.32 Å². The number of unbranched alkanes of at least 4 members (excludes halogenated alkanes) is 2. The summed E-state index contributed by atoms with van der Waals surface area (Å²) in [6, 6.07) is 5.36. The van der Waals surface area contributed by atoms with E-state index in [2.05, 4.69) is 28.2 Å². The van der Waals surface area contributed by atoms with Crippen LogP contribution in [0.4, 0.5) is 5.69 Å². The molecule has 0 amide bonds. The van der Waals surface area contributed by atoms with Crippen molar-refractivity contribution < 1.29 is 9.90 Å². The first kappa shape index (κ1) is 13.0. The van der Waals surface area contributed by atoms with Gasteiger partial charge in [-0.2, -0.15) is 0 Å². The van der Waals surface area contributed by atoms with Gasteiger partial charge in [-0.25, -0.2) is 4.79 Å². The number of rotatable bonds is 6. The monoisotopic (exact) mass is 285 g/mol. The van der Waals surface area contributed by atoms with Gasteiger partial charge < -0.3 is 10.4 Å². The van der Waals surface area contributed by atoms with Crippen molar-refractivity contribution in [2.45, 2.75) is 26.2 Å². The summed E-state index contributed by atoms with van der Waals surface area (Å²) in [6.45, 7) is 2.95. The van der Waals surface area contributed by atoms with Crippen LogP contribution in [0.25, 0.3) is 0 Å². The van der Waals surface area contributed by atoms with Gasteiger partial charge in [-0.05, 0) is 34.5 Å². The number of hydrogen-bond donors (Lipinski definition) is 2. The van der Waals surface area contributed by atoms with Crippen LogP contribution in [0, 0.1) is 0 Å². The standard InChI is InChI=1S/C12H16BrNO2/c1-2-3-4-8-14-10-7-5-6-9(13)11(10)12(15)16/h5-7,14H,2-4,8H2,1H3,(H,15,16). The Morgan fingerprint density at radius 2 is 2.19 bits per heavy atom. The molecule has 0 saturated heterocycles. The highest BCUT2D eigenvalue weighted by Gasteiger charge is 2.12. The number of aromatic carboxylic acids is 1. The van der Waals surface area contributed by atoms with Crippen molar-refractivity contribution in [2.24, 2.45) is 0 Å². The average molecular weight is 286 g/mol. The minimum Gasteiger partial charge on any atom is -0.478 e. The molecule has 0 spiro atoms. The van der Waals surface area contributed by atoms with E-state index in [-0.39, 0.29) is 0 Å². The molecular weight excluding hydrogens is 270 g/mol. The first-order valence-electron chi connectivity index (χ1n) is 5.42. The lowest BCUT2D eigenvalue weighted by Crippen LogP contribution is -2.08. The molecule has 0 unspecified atom stereocenters. The molecular formula is C12H16BrNO2. The fraction of sp³-hybridized carbons (Fsp3) is 0.417. The number of hydrogen-bond acceptors (Lipinski definition) is 2. The maximum Gasteiger partial charge on any atom is 0.338 e.